The second-order valence-corrected chi connectivity index (χ2v) is 7.17. The zero-order valence-electron chi connectivity index (χ0n) is 16.7. The molecule has 29 heavy (non-hydrogen) atoms. The van der Waals surface area contributed by atoms with Gasteiger partial charge >= 0.3 is 0 Å². The number of pyridine rings is 1. The van der Waals surface area contributed by atoms with Crippen LogP contribution in [-0.2, 0) is 0 Å². The topological polar surface area (TPSA) is 63.7 Å². The summed E-state index contributed by atoms with van der Waals surface area (Å²) in [4.78, 5) is 19.5. The summed E-state index contributed by atoms with van der Waals surface area (Å²) < 4.78 is 10.6. The third-order valence-electron chi connectivity index (χ3n) is 5.36. The van der Waals surface area contributed by atoms with E-state index in [1.54, 1.807) is 32.4 Å². The summed E-state index contributed by atoms with van der Waals surface area (Å²) in [6.45, 7) is 1.41. The third kappa shape index (κ3) is 4.11. The van der Waals surface area contributed by atoms with Gasteiger partial charge in [-0.1, -0.05) is 18.2 Å². The quantitative estimate of drug-likeness (QED) is 0.713. The van der Waals surface area contributed by atoms with Crippen LogP contribution in [0.1, 0.15) is 23.2 Å². The van der Waals surface area contributed by atoms with Crippen molar-refractivity contribution in [3.05, 3.63) is 60.2 Å². The predicted molar refractivity (Wildman–Crippen MR) is 114 cm³/mol. The van der Waals surface area contributed by atoms with E-state index < -0.39 is 0 Å². The number of carbonyl (C=O) groups excluding carboxylic acids is 1. The smallest absolute Gasteiger partial charge is 0.253 e. The number of carbonyl (C=O) groups is 1. The van der Waals surface area contributed by atoms with E-state index >= 15 is 0 Å². The maximum atomic E-state index is 12.9. The van der Waals surface area contributed by atoms with Crippen LogP contribution in [0, 0.1) is 0 Å². The van der Waals surface area contributed by atoms with Gasteiger partial charge in [-0.25, -0.2) is 4.98 Å². The monoisotopic (exact) mass is 391 g/mol. The van der Waals surface area contributed by atoms with Crippen molar-refractivity contribution >= 4 is 22.6 Å². The minimum Gasteiger partial charge on any atom is -0.493 e. The molecule has 0 radical (unpaired) electrons. The van der Waals surface area contributed by atoms with E-state index in [0.29, 0.717) is 36.2 Å². The first-order chi connectivity index (χ1) is 14.2. The second kappa shape index (κ2) is 8.39. The summed E-state index contributed by atoms with van der Waals surface area (Å²) in [7, 11) is 3.16. The number of hydrogen-bond acceptors (Lipinski definition) is 5. The van der Waals surface area contributed by atoms with Crippen LogP contribution in [0.3, 0.4) is 0 Å². The molecule has 2 heterocycles. The zero-order valence-corrected chi connectivity index (χ0v) is 16.7. The number of likely N-dealkylation sites (tertiary alicyclic amines) is 1. The molecule has 150 valence electrons. The van der Waals surface area contributed by atoms with Crippen LogP contribution in [0.2, 0.25) is 0 Å². The fourth-order valence-electron chi connectivity index (χ4n) is 3.73. The van der Waals surface area contributed by atoms with Crippen molar-refractivity contribution in [3.63, 3.8) is 0 Å². The lowest BCUT2D eigenvalue weighted by molar-refractivity contribution is 0.0718. The summed E-state index contributed by atoms with van der Waals surface area (Å²) in [6, 6.07) is 17.8. The molecule has 1 amide bonds. The fourth-order valence-corrected chi connectivity index (χ4v) is 3.73. The molecule has 6 nitrogen and oxygen atoms in total. The summed E-state index contributed by atoms with van der Waals surface area (Å²) in [5, 5.41) is 4.65. The lowest BCUT2D eigenvalue weighted by Gasteiger charge is -2.32. The van der Waals surface area contributed by atoms with Crippen molar-refractivity contribution in [1.82, 2.24) is 9.88 Å². The largest absolute Gasteiger partial charge is 0.493 e. The van der Waals surface area contributed by atoms with Crippen molar-refractivity contribution in [3.8, 4) is 11.5 Å². The SMILES string of the molecule is COc1ccc(C(=O)N2CCC(Nc3ccc4ccccc4n3)CC2)cc1OC. The maximum Gasteiger partial charge on any atom is 0.253 e. The molecule has 1 N–H and O–H groups in total. The first kappa shape index (κ1) is 19.1. The van der Waals surface area contributed by atoms with Crippen molar-refractivity contribution in [1.29, 1.82) is 0 Å². The van der Waals surface area contributed by atoms with E-state index in [9.17, 15) is 4.79 Å². The lowest BCUT2D eigenvalue weighted by atomic mass is 10.0. The number of piperidine rings is 1. The van der Waals surface area contributed by atoms with Crippen LogP contribution in [0.5, 0.6) is 11.5 Å². The Balaban J connectivity index is 1.38. The van der Waals surface area contributed by atoms with E-state index in [2.05, 4.69) is 22.4 Å². The Hall–Kier alpha value is -3.28. The number of aromatic nitrogens is 1. The van der Waals surface area contributed by atoms with Gasteiger partial charge in [0.2, 0.25) is 0 Å². The van der Waals surface area contributed by atoms with E-state index in [0.717, 1.165) is 29.6 Å². The van der Waals surface area contributed by atoms with Gasteiger partial charge in [-0.15, -0.1) is 0 Å². The molecule has 0 atom stereocenters. The number of benzene rings is 2. The molecule has 0 aliphatic carbocycles. The van der Waals surface area contributed by atoms with E-state index in [4.69, 9.17) is 9.47 Å². The molecule has 1 fully saturated rings. The summed E-state index contributed by atoms with van der Waals surface area (Å²) >= 11 is 0. The normalized spacial score (nSPS) is 14.6. The van der Waals surface area contributed by atoms with E-state index in [1.165, 1.54) is 0 Å². The summed E-state index contributed by atoms with van der Waals surface area (Å²) in [5.74, 6) is 2.09. The zero-order chi connectivity index (χ0) is 20.2. The Bertz CT molecular complexity index is 1010. The predicted octanol–water partition coefficient (Wildman–Crippen LogP) is 3.97. The molecule has 0 spiro atoms. The van der Waals surface area contributed by atoms with Crippen LogP contribution in [-0.4, -0.2) is 49.1 Å². The molecule has 0 bridgehead atoms. The number of nitrogens with zero attached hydrogens (tertiary/aromatic N) is 2. The third-order valence-corrected chi connectivity index (χ3v) is 5.36. The molecular formula is C23H25N3O3. The van der Waals surface area contributed by atoms with Crippen molar-refractivity contribution in [2.24, 2.45) is 0 Å². The standard InChI is InChI=1S/C23H25N3O3/c1-28-20-9-7-17(15-21(20)29-2)23(27)26-13-11-18(12-14-26)24-22-10-8-16-5-3-4-6-19(16)25-22/h3-10,15,18H,11-14H2,1-2H3,(H,24,25). The first-order valence-electron chi connectivity index (χ1n) is 9.81. The van der Waals surface area contributed by atoms with Gasteiger partial charge in [-0.2, -0.15) is 0 Å². The number of hydrogen-bond donors (Lipinski definition) is 1. The number of methoxy groups -OCH3 is 2. The van der Waals surface area contributed by atoms with Crippen LogP contribution in [0.25, 0.3) is 10.9 Å². The van der Waals surface area contributed by atoms with Gasteiger partial charge in [0, 0.05) is 30.1 Å². The summed E-state index contributed by atoms with van der Waals surface area (Å²) in [6.07, 6.45) is 1.76. The number of fused-ring (bicyclic) bond motifs is 1. The molecule has 6 heteroatoms. The molecule has 1 saturated heterocycles. The Morgan fingerprint density at radius 2 is 1.76 bits per heavy atom. The molecule has 1 aliphatic rings. The molecule has 2 aromatic carbocycles. The van der Waals surface area contributed by atoms with Crippen LogP contribution >= 0.6 is 0 Å². The summed E-state index contributed by atoms with van der Waals surface area (Å²) in [5.41, 5.74) is 1.60. The van der Waals surface area contributed by atoms with Gasteiger partial charge in [-0.05, 0) is 49.2 Å². The number of rotatable bonds is 5. The van der Waals surface area contributed by atoms with Crippen molar-refractivity contribution in [2.45, 2.75) is 18.9 Å². The maximum absolute atomic E-state index is 12.9. The highest BCUT2D eigenvalue weighted by atomic mass is 16.5. The molecular weight excluding hydrogens is 366 g/mol. The molecule has 4 rings (SSSR count). The molecule has 1 aromatic heterocycles. The fraction of sp³-hybridized carbons (Fsp3) is 0.304. The number of nitrogens with one attached hydrogen (secondary N) is 1. The van der Waals surface area contributed by atoms with Gasteiger partial charge in [0.1, 0.15) is 5.82 Å². The second-order valence-electron chi connectivity index (χ2n) is 7.17. The van der Waals surface area contributed by atoms with Gasteiger partial charge in [-0.3, -0.25) is 4.79 Å². The number of anilines is 1. The van der Waals surface area contributed by atoms with E-state index in [1.807, 2.05) is 29.2 Å². The van der Waals surface area contributed by atoms with Gasteiger partial charge in [0.25, 0.3) is 5.91 Å². The minimum atomic E-state index is 0.0215. The Kier molecular flexibility index (Phi) is 5.51. The first-order valence-corrected chi connectivity index (χ1v) is 9.81. The number of amides is 1. The highest BCUT2D eigenvalue weighted by Crippen LogP contribution is 2.28. The van der Waals surface area contributed by atoms with Crippen LogP contribution < -0.4 is 14.8 Å². The van der Waals surface area contributed by atoms with E-state index in [-0.39, 0.29) is 5.91 Å². The van der Waals surface area contributed by atoms with Gasteiger partial charge in [0.05, 0.1) is 19.7 Å². The molecule has 0 saturated carbocycles. The van der Waals surface area contributed by atoms with Crippen LogP contribution in [0.15, 0.2) is 54.6 Å². The Morgan fingerprint density at radius 1 is 1.00 bits per heavy atom. The highest BCUT2D eigenvalue weighted by molar-refractivity contribution is 5.95. The average molecular weight is 391 g/mol. The van der Waals surface area contributed by atoms with Crippen molar-refractivity contribution < 1.29 is 14.3 Å². The number of ether oxygens (including phenoxy) is 2. The van der Waals surface area contributed by atoms with Gasteiger partial charge in [0.15, 0.2) is 11.5 Å². The Labute approximate surface area is 170 Å². The van der Waals surface area contributed by atoms with Crippen LogP contribution in [0.4, 0.5) is 5.82 Å². The lowest BCUT2D eigenvalue weighted by Crippen LogP contribution is -2.42. The minimum absolute atomic E-state index is 0.0215. The highest BCUT2D eigenvalue weighted by Gasteiger charge is 2.24. The number of para-hydroxylation sites is 1. The van der Waals surface area contributed by atoms with Crippen molar-refractivity contribution in [2.75, 3.05) is 32.6 Å². The molecule has 1 aliphatic heterocycles. The Morgan fingerprint density at radius 3 is 2.52 bits per heavy atom. The molecule has 3 aromatic rings. The molecule has 0 unspecified atom stereocenters. The average Bonchev–Trinajstić information content (AvgIpc) is 2.78. The van der Waals surface area contributed by atoms with Gasteiger partial charge < -0.3 is 19.7 Å².